The summed E-state index contributed by atoms with van der Waals surface area (Å²) in [6.45, 7) is 3.49. The van der Waals surface area contributed by atoms with Crippen LogP contribution in [0.3, 0.4) is 0 Å². The van der Waals surface area contributed by atoms with E-state index in [4.69, 9.17) is 4.74 Å². The molecule has 0 aromatic heterocycles. The van der Waals surface area contributed by atoms with Gasteiger partial charge in [-0.15, -0.1) is 0 Å². The van der Waals surface area contributed by atoms with Gasteiger partial charge in [-0.25, -0.2) is 0 Å². The minimum Gasteiger partial charge on any atom is -0.494 e. The first-order valence-electron chi connectivity index (χ1n) is 6.92. The zero-order chi connectivity index (χ0) is 14.4. The van der Waals surface area contributed by atoms with Crippen molar-refractivity contribution in [2.24, 2.45) is 0 Å². The summed E-state index contributed by atoms with van der Waals surface area (Å²) in [6, 6.07) is 16.6. The average molecular weight is 270 g/mol. The molecule has 2 rings (SSSR count). The molecular formula is C17H22N2O. The lowest BCUT2D eigenvalue weighted by atomic mass is 10.2. The van der Waals surface area contributed by atoms with Crippen molar-refractivity contribution in [1.29, 1.82) is 0 Å². The highest BCUT2D eigenvalue weighted by Crippen LogP contribution is 2.18. The van der Waals surface area contributed by atoms with E-state index < -0.39 is 0 Å². The number of ether oxygens (including phenoxy) is 1. The van der Waals surface area contributed by atoms with Crippen LogP contribution in [0.15, 0.2) is 48.5 Å². The van der Waals surface area contributed by atoms with Crippen molar-refractivity contribution in [1.82, 2.24) is 0 Å². The maximum atomic E-state index is 5.50. The molecule has 0 aliphatic carbocycles. The van der Waals surface area contributed by atoms with Crippen LogP contribution in [-0.2, 0) is 6.54 Å². The molecule has 0 radical (unpaired) electrons. The van der Waals surface area contributed by atoms with Gasteiger partial charge < -0.3 is 15.0 Å². The van der Waals surface area contributed by atoms with Gasteiger partial charge in [0.15, 0.2) is 0 Å². The third-order valence-corrected chi connectivity index (χ3v) is 3.09. The Bertz CT molecular complexity index is 535. The monoisotopic (exact) mass is 270 g/mol. The topological polar surface area (TPSA) is 24.5 Å². The summed E-state index contributed by atoms with van der Waals surface area (Å²) in [5, 5.41) is 3.41. The second kappa shape index (κ2) is 6.85. The van der Waals surface area contributed by atoms with Crippen LogP contribution in [-0.4, -0.2) is 20.7 Å². The molecule has 0 heterocycles. The summed E-state index contributed by atoms with van der Waals surface area (Å²) in [7, 11) is 4.10. The zero-order valence-electron chi connectivity index (χ0n) is 12.4. The van der Waals surface area contributed by atoms with Crippen LogP contribution >= 0.6 is 0 Å². The predicted molar refractivity (Wildman–Crippen MR) is 85.7 cm³/mol. The van der Waals surface area contributed by atoms with Gasteiger partial charge in [0.05, 0.1) is 6.61 Å². The fourth-order valence-corrected chi connectivity index (χ4v) is 1.98. The Morgan fingerprint density at radius 1 is 1.05 bits per heavy atom. The molecule has 3 nitrogen and oxygen atoms in total. The Kier molecular flexibility index (Phi) is 4.88. The van der Waals surface area contributed by atoms with Gasteiger partial charge in [-0.05, 0) is 36.8 Å². The van der Waals surface area contributed by atoms with E-state index in [9.17, 15) is 0 Å². The fraction of sp³-hybridized carbons (Fsp3) is 0.294. The zero-order valence-corrected chi connectivity index (χ0v) is 12.4. The number of rotatable bonds is 6. The average Bonchev–Trinajstić information content (AvgIpc) is 2.46. The molecule has 0 fully saturated rings. The van der Waals surface area contributed by atoms with Crippen LogP contribution < -0.4 is 15.0 Å². The predicted octanol–water partition coefficient (Wildman–Crippen LogP) is 3.76. The summed E-state index contributed by atoms with van der Waals surface area (Å²) in [6.07, 6.45) is 0. The van der Waals surface area contributed by atoms with E-state index in [2.05, 4.69) is 40.5 Å². The molecule has 106 valence electrons. The number of benzene rings is 2. The van der Waals surface area contributed by atoms with Gasteiger partial charge in [0.2, 0.25) is 0 Å². The van der Waals surface area contributed by atoms with Crippen molar-refractivity contribution in [3.63, 3.8) is 0 Å². The normalized spacial score (nSPS) is 10.2. The maximum absolute atomic E-state index is 5.50. The van der Waals surface area contributed by atoms with Gasteiger partial charge in [-0.1, -0.05) is 18.2 Å². The third-order valence-electron chi connectivity index (χ3n) is 3.09. The minimum atomic E-state index is 0.690. The molecule has 1 N–H and O–H groups in total. The molecule has 0 saturated carbocycles. The molecule has 0 amide bonds. The number of anilines is 2. The Morgan fingerprint density at radius 2 is 1.80 bits per heavy atom. The highest BCUT2D eigenvalue weighted by molar-refractivity contribution is 5.50. The number of hydrogen-bond donors (Lipinski definition) is 1. The molecule has 0 unspecified atom stereocenters. The smallest absolute Gasteiger partial charge is 0.121 e. The number of nitrogens with one attached hydrogen (secondary N) is 1. The van der Waals surface area contributed by atoms with Gasteiger partial charge in [-0.3, -0.25) is 0 Å². The Labute approximate surface area is 121 Å². The molecule has 3 heteroatoms. The van der Waals surface area contributed by atoms with Gasteiger partial charge in [0.25, 0.3) is 0 Å². The van der Waals surface area contributed by atoms with Crippen molar-refractivity contribution in [3.8, 4) is 5.75 Å². The van der Waals surface area contributed by atoms with Crippen molar-refractivity contribution >= 4 is 11.4 Å². The van der Waals surface area contributed by atoms with E-state index in [1.807, 2.05) is 39.2 Å². The molecule has 20 heavy (non-hydrogen) atoms. The largest absolute Gasteiger partial charge is 0.494 e. The van der Waals surface area contributed by atoms with E-state index in [1.165, 1.54) is 11.3 Å². The van der Waals surface area contributed by atoms with Gasteiger partial charge >= 0.3 is 0 Å². The molecular weight excluding hydrogens is 248 g/mol. The molecule has 0 spiro atoms. The molecule has 0 aliphatic heterocycles. The van der Waals surface area contributed by atoms with Crippen LogP contribution in [0.2, 0.25) is 0 Å². The van der Waals surface area contributed by atoms with Crippen LogP contribution in [0, 0.1) is 0 Å². The standard InChI is InChI=1S/C17H22N2O/c1-4-20-17-7-5-6-15(12-17)18-13-14-8-10-16(11-9-14)19(2)3/h5-12,18H,4,13H2,1-3H3. The molecule has 0 atom stereocenters. The van der Waals surface area contributed by atoms with E-state index in [1.54, 1.807) is 0 Å². The van der Waals surface area contributed by atoms with E-state index in [0.29, 0.717) is 6.61 Å². The first-order chi connectivity index (χ1) is 9.69. The summed E-state index contributed by atoms with van der Waals surface area (Å²) < 4.78 is 5.50. The van der Waals surface area contributed by atoms with Crippen molar-refractivity contribution < 1.29 is 4.74 Å². The summed E-state index contributed by atoms with van der Waals surface area (Å²) in [5.74, 6) is 0.903. The Balaban J connectivity index is 1.96. The maximum Gasteiger partial charge on any atom is 0.121 e. The second-order valence-corrected chi connectivity index (χ2v) is 4.88. The first-order valence-corrected chi connectivity index (χ1v) is 6.92. The minimum absolute atomic E-state index is 0.690. The SMILES string of the molecule is CCOc1cccc(NCc2ccc(N(C)C)cc2)c1. The summed E-state index contributed by atoms with van der Waals surface area (Å²) in [4.78, 5) is 2.10. The van der Waals surface area contributed by atoms with Crippen LogP contribution in [0.5, 0.6) is 5.75 Å². The number of nitrogens with zero attached hydrogens (tertiary/aromatic N) is 1. The van der Waals surface area contributed by atoms with Crippen molar-refractivity contribution in [2.75, 3.05) is 30.9 Å². The quantitative estimate of drug-likeness (QED) is 0.865. The molecule has 0 aliphatic rings. The lowest BCUT2D eigenvalue weighted by Crippen LogP contribution is -2.08. The second-order valence-electron chi connectivity index (χ2n) is 4.88. The number of hydrogen-bond acceptors (Lipinski definition) is 3. The highest BCUT2D eigenvalue weighted by Gasteiger charge is 1.98. The van der Waals surface area contributed by atoms with E-state index >= 15 is 0 Å². The molecule has 0 bridgehead atoms. The van der Waals surface area contributed by atoms with E-state index in [0.717, 1.165) is 18.0 Å². The molecule has 2 aromatic rings. The molecule has 2 aromatic carbocycles. The summed E-state index contributed by atoms with van der Waals surface area (Å²) >= 11 is 0. The van der Waals surface area contributed by atoms with E-state index in [-0.39, 0.29) is 0 Å². The van der Waals surface area contributed by atoms with Crippen LogP contribution in [0.1, 0.15) is 12.5 Å². The lowest BCUT2D eigenvalue weighted by molar-refractivity contribution is 0.340. The van der Waals surface area contributed by atoms with Crippen LogP contribution in [0.4, 0.5) is 11.4 Å². The first kappa shape index (κ1) is 14.3. The molecule has 0 saturated heterocycles. The Morgan fingerprint density at radius 3 is 2.45 bits per heavy atom. The third kappa shape index (κ3) is 3.92. The van der Waals surface area contributed by atoms with Gasteiger partial charge in [-0.2, -0.15) is 0 Å². The van der Waals surface area contributed by atoms with Gasteiger partial charge in [0, 0.05) is 38.1 Å². The van der Waals surface area contributed by atoms with Crippen LogP contribution in [0.25, 0.3) is 0 Å². The van der Waals surface area contributed by atoms with Gasteiger partial charge in [0.1, 0.15) is 5.75 Å². The highest BCUT2D eigenvalue weighted by atomic mass is 16.5. The summed E-state index contributed by atoms with van der Waals surface area (Å²) in [5.41, 5.74) is 3.55. The Hall–Kier alpha value is -2.16. The fourth-order valence-electron chi connectivity index (χ4n) is 1.98. The van der Waals surface area contributed by atoms with Crippen molar-refractivity contribution in [2.45, 2.75) is 13.5 Å². The lowest BCUT2D eigenvalue weighted by Gasteiger charge is -2.13. The van der Waals surface area contributed by atoms with Crippen molar-refractivity contribution in [3.05, 3.63) is 54.1 Å².